The molecule has 3 atom stereocenters. The van der Waals surface area contributed by atoms with Crippen LogP contribution in [0.15, 0.2) is 0 Å². The van der Waals surface area contributed by atoms with Gasteiger partial charge in [-0.1, -0.05) is 6.42 Å². The molecular formula is C53H103N5O22S. The van der Waals surface area contributed by atoms with Crippen LogP contribution in [0.5, 0.6) is 0 Å². The third-order valence-corrected chi connectivity index (χ3v) is 12.8. The van der Waals surface area contributed by atoms with Crippen molar-refractivity contribution in [3.63, 3.8) is 0 Å². The summed E-state index contributed by atoms with van der Waals surface area (Å²) in [5, 5.41) is 12.1. The van der Waals surface area contributed by atoms with Gasteiger partial charge in [-0.25, -0.2) is 4.79 Å². The Hall–Kier alpha value is -2.24. The number of nitrogens with two attached hydrogens (primary N) is 1. The van der Waals surface area contributed by atoms with Crippen molar-refractivity contribution in [3.05, 3.63) is 0 Å². The van der Waals surface area contributed by atoms with Crippen molar-refractivity contribution >= 4 is 29.6 Å². The van der Waals surface area contributed by atoms with Gasteiger partial charge in [0.2, 0.25) is 11.8 Å². The number of ether oxygens (including phenoxy) is 19. The molecule has 2 saturated heterocycles. The molecule has 0 unspecified atom stereocenters. The molecule has 0 aromatic carbocycles. The predicted octanol–water partition coefficient (Wildman–Crippen LogP) is -0.391. The molecular weight excluding hydrogens is 1090 g/mol. The maximum Gasteiger partial charge on any atom is 0.315 e. The first-order chi connectivity index (χ1) is 40.1. The summed E-state index contributed by atoms with van der Waals surface area (Å²) in [5.41, 5.74) is 5.34. The normalized spacial score (nSPS) is 15.8. The molecule has 2 heterocycles. The lowest BCUT2D eigenvalue weighted by Gasteiger charge is -2.16. The van der Waals surface area contributed by atoms with E-state index in [-0.39, 0.29) is 36.3 Å². The van der Waals surface area contributed by atoms with Crippen molar-refractivity contribution in [2.45, 2.75) is 49.4 Å². The maximum absolute atomic E-state index is 12.1. The van der Waals surface area contributed by atoms with Crippen LogP contribution in [0, 0.1) is 0 Å². The number of carbonyl (C=O) groups excluding carboxylic acids is 3. The Morgan fingerprint density at radius 3 is 0.951 bits per heavy atom. The summed E-state index contributed by atoms with van der Waals surface area (Å²) in [5.74, 6) is 0.886. The second-order valence-corrected chi connectivity index (χ2v) is 19.0. The van der Waals surface area contributed by atoms with Crippen LogP contribution in [0.2, 0.25) is 0 Å². The quantitative estimate of drug-likeness (QED) is 0.0383. The minimum absolute atomic E-state index is 0.0360. The van der Waals surface area contributed by atoms with Crippen molar-refractivity contribution in [2.24, 2.45) is 5.73 Å². The zero-order valence-corrected chi connectivity index (χ0v) is 49.2. The number of fused-ring (bicyclic) bond motifs is 1. The van der Waals surface area contributed by atoms with Gasteiger partial charge in [-0.15, -0.1) is 0 Å². The first kappa shape index (κ1) is 74.9. The first-order valence-electron chi connectivity index (χ1n) is 29.0. The van der Waals surface area contributed by atoms with Crippen LogP contribution in [0.4, 0.5) is 4.79 Å². The molecule has 0 aliphatic carbocycles. The zero-order valence-electron chi connectivity index (χ0n) is 48.4. The molecule has 0 aromatic heterocycles. The highest BCUT2D eigenvalue weighted by Gasteiger charge is 2.42. The molecule has 478 valence electrons. The summed E-state index contributed by atoms with van der Waals surface area (Å²) >= 11 is 1.90. The van der Waals surface area contributed by atoms with E-state index in [4.69, 9.17) is 95.7 Å². The smallest absolute Gasteiger partial charge is 0.315 e. The third kappa shape index (κ3) is 51.9. The van der Waals surface area contributed by atoms with E-state index in [0.29, 0.717) is 282 Å². The van der Waals surface area contributed by atoms with Gasteiger partial charge in [-0.05, 0) is 12.8 Å². The van der Waals surface area contributed by atoms with E-state index in [1.54, 1.807) is 0 Å². The number of carbonyl (C=O) groups is 3. The van der Waals surface area contributed by atoms with E-state index in [0.717, 1.165) is 25.0 Å². The summed E-state index contributed by atoms with van der Waals surface area (Å²) in [7, 11) is 0. The van der Waals surface area contributed by atoms with E-state index in [2.05, 4.69) is 21.3 Å². The molecule has 81 heavy (non-hydrogen) atoms. The Bertz CT molecular complexity index is 1380. The number of thioether (sulfide) groups is 1. The minimum atomic E-state index is -0.102. The highest BCUT2D eigenvalue weighted by Crippen LogP contribution is 2.33. The molecule has 0 saturated carbocycles. The number of urea groups is 1. The fourth-order valence-electron chi connectivity index (χ4n) is 7.17. The van der Waals surface area contributed by atoms with Crippen LogP contribution in [-0.4, -0.2) is 312 Å². The molecule has 0 spiro atoms. The van der Waals surface area contributed by atoms with Crippen molar-refractivity contribution in [1.29, 1.82) is 0 Å². The molecule has 6 N–H and O–H groups in total. The van der Waals surface area contributed by atoms with E-state index < -0.39 is 0 Å². The number of unbranched alkanes of at least 4 members (excludes halogenated alkanes) is 1. The highest BCUT2D eigenvalue weighted by atomic mass is 32.2. The van der Waals surface area contributed by atoms with Gasteiger partial charge in [0.05, 0.1) is 263 Å². The predicted molar refractivity (Wildman–Crippen MR) is 299 cm³/mol. The van der Waals surface area contributed by atoms with Gasteiger partial charge >= 0.3 is 6.03 Å². The number of hydrogen-bond donors (Lipinski definition) is 5. The molecule has 0 aromatic rings. The van der Waals surface area contributed by atoms with Crippen LogP contribution in [-0.2, 0) is 99.6 Å². The second kappa shape index (κ2) is 60.9. The number of hydrogen-bond acceptors (Lipinski definition) is 24. The Balaban J connectivity index is 1.11. The van der Waals surface area contributed by atoms with E-state index in [1.807, 2.05) is 11.8 Å². The van der Waals surface area contributed by atoms with Gasteiger partial charge in [0, 0.05) is 43.5 Å². The lowest BCUT2D eigenvalue weighted by Crippen LogP contribution is -2.36. The number of rotatable bonds is 67. The van der Waals surface area contributed by atoms with E-state index in [1.165, 1.54) is 0 Å². The van der Waals surface area contributed by atoms with Crippen LogP contribution in [0.1, 0.15) is 32.1 Å². The van der Waals surface area contributed by atoms with Crippen LogP contribution >= 0.6 is 11.8 Å². The van der Waals surface area contributed by atoms with Crippen LogP contribution in [0.3, 0.4) is 0 Å². The lowest BCUT2D eigenvalue weighted by molar-refractivity contribution is -0.123. The standard InChI is InChI=1S/C53H103N5O22S/c54-6-10-63-14-18-67-22-26-71-30-34-75-38-37-74-33-29-70-25-21-66-17-13-62-9-5-51(60)56-8-12-65-16-20-69-24-28-73-32-36-77-40-42-79-44-46-80-45-43-78-41-39-76-35-31-72-27-23-68-19-15-64-11-7-55-50(59)4-2-1-3-49-52-48(47-81-49)57-53(61)58-52/h48-49,52H,1-47,54H2,(H,55,59)(H,56,60)(H2,57,58,61)/t48-,49-,52-/m0/s1. The monoisotopic (exact) mass is 1190 g/mol. The number of amides is 4. The molecule has 28 heteroatoms. The SMILES string of the molecule is NCCOCCOCCOCCOCCOCCOCCOCCOCCC(=O)NCCOCCOCCOCCOCCOCCOCCOCCOCCOCCOCCOCCNC(=O)CCCC[C@@H]1SC[C@@H]2NC(=O)N[C@@H]21. The van der Waals surface area contributed by atoms with Gasteiger partial charge < -0.3 is 117 Å². The van der Waals surface area contributed by atoms with Crippen molar-refractivity contribution in [2.75, 3.05) is 276 Å². The van der Waals surface area contributed by atoms with Gasteiger partial charge in [0.15, 0.2) is 0 Å². The van der Waals surface area contributed by atoms with Crippen molar-refractivity contribution in [1.82, 2.24) is 21.3 Å². The Morgan fingerprint density at radius 2 is 0.642 bits per heavy atom. The maximum atomic E-state index is 12.1. The highest BCUT2D eigenvalue weighted by molar-refractivity contribution is 8.00. The Morgan fingerprint density at radius 1 is 0.370 bits per heavy atom. The van der Waals surface area contributed by atoms with Crippen molar-refractivity contribution in [3.8, 4) is 0 Å². The molecule has 2 aliphatic heterocycles. The molecule has 27 nitrogen and oxygen atoms in total. The summed E-state index contributed by atoms with van der Waals surface area (Å²) in [6.45, 7) is 19.0. The Labute approximate surface area is 485 Å². The summed E-state index contributed by atoms with van der Waals surface area (Å²) in [6.07, 6.45) is 3.56. The zero-order chi connectivity index (χ0) is 57.7. The van der Waals surface area contributed by atoms with Gasteiger partial charge in [0.25, 0.3) is 0 Å². The topological polar surface area (TPSA) is 301 Å². The van der Waals surface area contributed by atoms with Crippen molar-refractivity contribution < 1.29 is 104 Å². The fraction of sp³-hybridized carbons (Fsp3) is 0.943. The number of nitrogens with one attached hydrogen (secondary N) is 4. The summed E-state index contributed by atoms with van der Waals surface area (Å²) in [6, 6.07) is 0.385. The second-order valence-electron chi connectivity index (χ2n) is 17.7. The summed E-state index contributed by atoms with van der Waals surface area (Å²) in [4.78, 5) is 35.6. The average Bonchev–Trinajstić information content (AvgIpc) is 4.28. The summed E-state index contributed by atoms with van der Waals surface area (Å²) < 4.78 is 104. The molecule has 4 amide bonds. The van der Waals surface area contributed by atoms with Gasteiger partial charge in [-0.3, -0.25) is 9.59 Å². The van der Waals surface area contributed by atoms with Crippen LogP contribution in [0.25, 0.3) is 0 Å². The minimum Gasteiger partial charge on any atom is -0.379 e. The van der Waals surface area contributed by atoms with Gasteiger partial charge in [-0.2, -0.15) is 11.8 Å². The lowest BCUT2D eigenvalue weighted by atomic mass is 10.0. The molecule has 0 radical (unpaired) electrons. The molecule has 2 fully saturated rings. The third-order valence-electron chi connectivity index (χ3n) is 11.3. The Kier molecular flexibility index (Phi) is 56.3. The largest absolute Gasteiger partial charge is 0.379 e. The van der Waals surface area contributed by atoms with Gasteiger partial charge in [0.1, 0.15) is 0 Å². The fourth-order valence-corrected chi connectivity index (χ4v) is 8.71. The average molecular weight is 1190 g/mol. The van der Waals surface area contributed by atoms with Crippen LogP contribution < -0.4 is 27.0 Å². The molecule has 2 aliphatic rings. The van der Waals surface area contributed by atoms with E-state index in [9.17, 15) is 14.4 Å². The molecule has 2 rings (SSSR count). The molecule has 0 bridgehead atoms. The first-order valence-corrected chi connectivity index (χ1v) is 30.0. The van der Waals surface area contributed by atoms with E-state index >= 15 is 0 Å².